The molecular formula is C9H8F4N2O2. The number of rotatable bonds is 5. The molecule has 0 fully saturated rings. The van der Waals surface area contributed by atoms with E-state index in [0.29, 0.717) is 0 Å². The summed E-state index contributed by atoms with van der Waals surface area (Å²) in [6, 6.07) is 2.47. The molecule has 1 aromatic heterocycles. The summed E-state index contributed by atoms with van der Waals surface area (Å²) in [7, 11) is 0. The number of hydrogen-bond acceptors (Lipinski definition) is 3. The first-order valence-electron chi connectivity index (χ1n) is 4.43. The van der Waals surface area contributed by atoms with Crippen LogP contribution in [-0.2, 0) is 0 Å². The minimum Gasteiger partial charge on any atom is -0.476 e. The van der Waals surface area contributed by atoms with Gasteiger partial charge in [0, 0.05) is 6.20 Å². The number of aromatic nitrogens is 1. The van der Waals surface area contributed by atoms with E-state index in [1.165, 1.54) is 6.07 Å². The standard InChI is InChI=1S/C9H8F4N2O2/c10-8(11)9(12,13)4-15-5-2-1-3-14-6(5)7(16)17/h1-3,8,15H,4H2,(H,16,17). The largest absolute Gasteiger partial charge is 0.476 e. The molecule has 0 aliphatic carbocycles. The molecule has 0 aliphatic rings. The van der Waals surface area contributed by atoms with E-state index in [1.54, 1.807) is 0 Å². The number of halogens is 4. The first-order valence-corrected chi connectivity index (χ1v) is 4.43. The predicted octanol–water partition coefficient (Wildman–Crippen LogP) is 2.09. The van der Waals surface area contributed by atoms with Crippen LogP contribution in [0.3, 0.4) is 0 Å². The smallest absolute Gasteiger partial charge is 0.356 e. The number of carboxylic acid groups (broad SMARTS) is 1. The maximum absolute atomic E-state index is 12.6. The van der Waals surface area contributed by atoms with Crippen LogP contribution in [0.15, 0.2) is 18.3 Å². The second-order valence-electron chi connectivity index (χ2n) is 3.12. The molecule has 0 spiro atoms. The molecule has 1 rings (SSSR count). The Labute approximate surface area is 93.3 Å². The Morgan fingerprint density at radius 1 is 1.53 bits per heavy atom. The highest BCUT2D eigenvalue weighted by Crippen LogP contribution is 2.24. The summed E-state index contributed by atoms with van der Waals surface area (Å²) < 4.78 is 48.9. The summed E-state index contributed by atoms with van der Waals surface area (Å²) in [5, 5.41) is 10.6. The molecule has 0 bridgehead atoms. The van der Waals surface area contributed by atoms with Gasteiger partial charge in [-0.2, -0.15) is 8.78 Å². The number of nitrogens with zero attached hydrogens (tertiary/aromatic N) is 1. The minimum atomic E-state index is -4.23. The van der Waals surface area contributed by atoms with E-state index in [9.17, 15) is 22.4 Å². The third kappa shape index (κ3) is 3.30. The van der Waals surface area contributed by atoms with Crippen molar-refractivity contribution < 1.29 is 27.5 Å². The summed E-state index contributed by atoms with van der Waals surface area (Å²) in [5.41, 5.74) is -0.738. The van der Waals surface area contributed by atoms with Crippen LogP contribution >= 0.6 is 0 Å². The number of carbonyl (C=O) groups is 1. The minimum absolute atomic E-state index is 0.236. The van der Waals surface area contributed by atoms with Crippen molar-refractivity contribution in [3.05, 3.63) is 24.0 Å². The first kappa shape index (κ1) is 13.2. The Kier molecular flexibility index (Phi) is 3.87. The van der Waals surface area contributed by atoms with Crippen LogP contribution in [-0.4, -0.2) is 35.0 Å². The SMILES string of the molecule is O=C(O)c1ncccc1NCC(F)(F)C(F)F. The van der Waals surface area contributed by atoms with Crippen molar-refractivity contribution in [1.82, 2.24) is 4.98 Å². The molecule has 2 N–H and O–H groups in total. The molecule has 1 aromatic rings. The molecule has 0 radical (unpaired) electrons. The van der Waals surface area contributed by atoms with E-state index >= 15 is 0 Å². The molecular weight excluding hydrogens is 244 g/mol. The maximum Gasteiger partial charge on any atom is 0.356 e. The van der Waals surface area contributed by atoms with Crippen molar-refractivity contribution in [3.63, 3.8) is 0 Å². The van der Waals surface area contributed by atoms with E-state index in [-0.39, 0.29) is 5.69 Å². The van der Waals surface area contributed by atoms with Gasteiger partial charge in [0.2, 0.25) is 0 Å². The molecule has 0 aliphatic heterocycles. The number of alkyl halides is 4. The van der Waals surface area contributed by atoms with Gasteiger partial charge in [0.15, 0.2) is 5.69 Å². The first-order chi connectivity index (χ1) is 7.84. The van der Waals surface area contributed by atoms with Gasteiger partial charge in [0.25, 0.3) is 0 Å². The fourth-order valence-electron chi connectivity index (χ4n) is 1.01. The molecule has 17 heavy (non-hydrogen) atoms. The molecule has 0 saturated heterocycles. The molecule has 0 amide bonds. The van der Waals surface area contributed by atoms with Gasteiger partial charge in [-0.15, -0.1) is 0 Å². The van der Waals surface area contributed by atoms with Crippen LogP contribution in [0.1, 0.15) is 10.5 Å². The molecule has 94 valence electrons. The van der Waals surface area contributed by atoms with Crippen molar-refractivity contribution >= 4 is 11.7 Å². The van der Waals surface area contributed by atoms with Crippen molar-refractivity contribution in [1.29, 1.82) is 0 Å². The third-order valence-electron chi connectivity index (χ3n) is 1.84. The van der Waals surface area contributed by atoms with E-state index in [4.69, 9.17) is 5.11 Å². The van der Waals surface area contributed by atoms with Crippen LogP contribution in [0, 0.1) is 0 Å². The number of aromatic carboxylic acids is 1. The van der Waals surface area contributed by atoms with Gasteiger partial charge < -0.3 is 10.4 Å². The summed E-state index contributed by atoms with van der Waals surface area (Å²) in [6.45, 7) is -1.36. The predicted molar refractivity (Wildman–Crippen MR) is 50.6 cm³/mol. The molecule has 0 atom stereocenters. The molecule has 1 heterocycles. The lowest BCUT2D eigenvalue weighted by molar-refractivity contribution is -0.117. The zero-order chi connectivity index (χ0) is 13.1. The van der Waals surface area contributed by atoms with Gasteiger partial charge >= 0.3 is 18.3 Å². The van der Waals surface area contributed by atoms with Crippen LogP contribution in [0.5, 0.6) is 0 Å². The second-order valence-corrected chi connectivity index (χ2v) is 3.12. The fourth-order valence-corrected chi connectivity index (χ4v) is 1.01. The summed E-state index contributed by atoms with van der Waals surface area (Å²) >= 11 is 0. The van der Waals surface area contributed by atoms with Crippen LogP contribution < -0.4 is 5.32 Å². The number of anilines is 1. The normalized spacial score (nSPS) is 11.6. The quantitative estimate of drug-likeness (QED) is 0.788. The summed E-state index contributed by atoms with van der Waals surface area (Å²) in [5.74, 6) is -5.67. The molecule has 0 saturated carbocycles. The lowest BCUT2D eigenvalue weighted by Crippen LogP contribution is -2.35. The number of hydrogen-bond donors (Lipinski definition) is 2. The number of carboxylic acids is 1. The van der Waals surface area contributed by atoms with E-state index in [0.717, 1.165) is 12.3 Å². The third-order valence-corrected chi connectivity index (χ3v) is 1.84. The van der Waals surface area contributed by atoms with Gasteiger partial charge in [-0.05, 0) is 12.1 Å². The molecule has 8 heteroatoms. The monoisotopic (exact) mass is 252 g/mol. The van der Waals surface area contributed by atoms with E-state index in [1.807, 2.05) is 5.32 Å². The highest BCUT2D eigenvalue weighted by atomic mass is 19.3. The Morgan fingerprint density at radius 3 is 2.71 bits per heavy atom. The van der Waals surface area contributed by atoms with Gasteiger partial charge in [0.1, 0.15) is 0 Å². The molecule has 0 aromatic carbocycles. The molecule has 4 nitrogen and oxygen atoms in total. The van der Waals surface area contributed by atoms with Crippen LogP contribution in [0.4, 0.5) is 23.2 Å². The van der Waals surface area contributed by atoms with Crippen molar-refractivity contribution in [2.24, 2.45) is 0 Å². The number of nitrogens with one attached hydrogen (secondary N) is 1. The van der Waals surface area contributed by atoms with Gasteiger partial charge in [-0.3, -0.25) is 0 Å². The Morgan fingerprint density at radius 2 is 2.18 bits per heavy atom. The topological polar surface area (TPSA) is 62.2 Å². The lowest BCUT2D eigenvalue weighted by Gasteiger charge is -2.17. The highest BCUT2D eigenvalue weighted by molar-refractivity contribution is 5.91. The van der Waals surface area contributed by atoms with Gasteiger partial charge in [-0.25, -0.2) is 18.6 Å². The van der Waals surface area contributed by atoms with E-state index < -0.39 is 30.6 Å². The highest BCUT2D eigenvalue weighted by Gasteiger charge is 2.40. The summed E-state index contributed by atoms with van der Waals surface area (Å²) in [4.78, 5) is 14.1. The molecule has 0 unspecified atom stereocenters. The fraction of sp³-hybridized carbons (Fsp3) is 0.333. The second kappa shape index (κ2) is 4.98. The lowest BCUT2D eigenvalue weighted by atomic mass is 10.2. The Bertz CT molecular complexity index is 412. The number of pyridine rings is 1. The van der Waals surface area contributed by atoms with Gasteiger partial charge in [0.05, 0.1) is 12.2 Å². The van der Waals surface area contributed by atoms with E-state index in [2.05, 4.69) is 4.98 Å². The van der Waals surface area contributed by atoms with Gasteiger partial charge in [-0.1, -0.05) is 0 Å². The zero-order valence-electron chi connectivity index (χ0n) is 8.33. The Balaban J connectivity index is 2.79. The summed E-state index contributed by atoms with van der Waals surface area (Å²) in [6.07, 6.45) is -2.67. The van der Waals surface area contributed by atoms with Crippen molar-refractivity contribution in [2.75, 3.05) is 11.9 Å². The average molecular weight is 252 g/mol. The van der Waals surface area contributed by atoms with Crippen LogP contribution in [0.25, 0.3) is 0 Å². The average Bonchev–Trinajstić information content (AvgIpc) is 2.26. The van der Waals surface area contributed by atoms with Crippen molar-refractivity contribution in [3.8, 4) is 0 Å². The van der Waals surface area contributed by atoms with Crippen molar-refractivity contribution in [2.45, 2.75) is 12.3 Å². The Hall–Kier alpha value is -1.86. The zero-order valence-corrected chi connectivity index (χ0v) is 8.33. The maximum atomic E-state index is 12.6. The van der Waals surface area contributed by atoms with Crippen LogP contribution in [0.2, 0.25) is 0 Å².